The third-order valence-corrected chi connectivity index (χ3v) is 11.0. The highest BCUT2D eigenvalue weighted by molar-refractivity contribution is 6.12. The van der Waals surface area contributed by atoms with Crippen molar-refractivity contribution < 1.29 is 0 Å². The summed E-state index contributed by atoms with van der Waals surface area (Å²) in [7, 11) is 0. The average molecular weight is 667 g/mol. The second kappa shape index (κ2) is 12.1. The lowest BCUT2D eigenvalue weighted by Crippen LogP contribution is -1.96. The molecule has 2 aromatic heterocycles. The van der Waals surface area contributed by atoms with Gasteiger partial charge < -0.3 is 9.13 Å². The van der Waals surface area contributed by atoms with Gasteiger partial charge in [-0.1, -0.05) is 128 Å². The molecule has 0 saturated heterocycles. The van der Waals surface area contributed by atoms with Crippen LogP contribution in [0.4, 0.5) is 0 Å². The van der Waals surface area contributed by atoms with Crippen LogP contribution in [-0.2, 0) is 0 Å². The highest BCUT2D eigenvalue weighted by Crippen LogP contribution is 2.39. The van der Waals surface area contributed by atoms with E-state index in [2.05, 4.69) is 199 Å². The van der Waals surface area contributed by atoms with E-state index in [1.807, 2.05) is 0 Å². The monoisotopic (exact) mass is 666 g/mol. The largest absolute Gasteiger partial charge is 0.309 e. The lowest BCUT2D eigenvalue weighted by atomic mass is 9.94. The molecule has 0 fully saturated rings. The zero-order chi connectivity index (χ0) is 34.8. The average Bonchev–Trinajstić information content (AvgIpc) is 3.71. The van der Waals surface area contributed by atoms with Crippen LogP contribution >= 0.6 is 0 Å². The van der Waals surface area contributed by atoms with Gasteiger partial charge in [0.15, 0.2) is 0 Å². The molecule has 0 radical (unpaired) electrons. The predicted octanol–water partition coefficient (Wildman–Crippen LogP) is 13.5. The summed E-state index contributed by atoms with van der Waals surface area (Å²) in [5, 5.41) is 5.05. The first kappa shape index (κ1) is 30.4. The summed E-state index contributed by atoms with van der Waals surface area (Å²) in [6, 6.07) is 58.3. The van der Waals surface area contributed by atoms with Gasteiger partial charge in [0, 0.05) is 32.9 Å². The molecule has 0 bridgehead atoms. The fourth-order valence-electron chi connectivity index (χ4n) is 8.15. The van der Waals surface area contributed by atoms with E-state index in [0.29, 0.717) is 5.92 Å². The van der Waals surface area contributed by atoms with Crippen LogP contribution in [0.3, 0.4) is 0 Å². The lowest BCUT2D eigenvalue weighted by molar-refractivity contribution is 0.739. The molecular weight excluding hydrogens is 629 g/mol. The number of benzene rings is 7. The number of rotatable bonds is 5. The maximum atomic E-state index is 2.41. The molecule has 9 aromatic rings. The standard InChI is InChI=1S/C50H38N2/c1-33-11-15-35(16-12-33)37-19-25-41(26-20-37)51-47-9-5-3-7-43(47)45-31-39(23-29-49(45)51)40-24-30-50-46(32-40)44-8-4-6-10-48(44)52(50)42-27-21-38(22-28-42)36-17-13-34(2)14-18-36/h3-13,15-32,34H,14H2,1-2H3. The molecule has 1 aliphatic carbocycles. The van der Waals surface area contributed by atoms with Gasteiger partial charge >= 0.3 is 0 Å². The fourth-order valence-corrected chi connectivity index (χ4v) is 8.15. The summed E-state index contributed by atoms with van der Waals surface area (Å²) in [5.41, 5.74) is 16.0. The van der Waals surface area contributed by atoms with Gasteiger partial charge in [0.1, 0.15) is 0 Å². The first-order chi connectivity index (χ1) is 25.6. The van der Waals surface area contributed by atoms with Gasteiger partial charge in [-0.25, -0.2) is 0 Å². The Hall–Kier alpha value is -6.38. The number of hydrogen-bond donors (Lipinski definition) is 0. The van der Waals surface area contributed by atoms with Crippen LogP contribution in [0.25, 0.3) is 82.8 Å². The van der Waals surface area contributed by atoms with Gasteiger partial charge in [-0.15, -0.1) is 0 Å². The van der Waals surface area contributed by atoms with E-state index in [4.69, 9.17) is 0 Å². The Kier molecular flexibility index (Phi) is 7.11. The minimum Gasteiger partial charge on any atom is -0.309 e. The van der Waals surface area contributed by atoms with Crippen molar-refractivity contribution in [2.75, 3.05) is 0 Å². The van der Waals surface area contributed by atoms with Crippen LogP contribution < -0.4 is 0 Å². The molecule has 2 heteroatoms. The van der Waals surface area contributed by atoms with E-state index >= 15 is 0 Å². The van der Waals surface area contributed by atoms with Gasteiger partial charge in [-0.05, 0) is 113 Å². The zero-order valence-electron chi connectivity index (χ0n) is 29.4. The Morgan fingerprint density at radius 1 is 0.442 bits per heavy atom. The van der Waals surface area contributed by atoms with E-state index in [-0.39, 0.29) is 0 Å². The number of nitrogens with zero attached hydrogens (tertiary/aromatic N) is 2. The van der Waals surface area contributed by atoms with Gasteiger partial charge in [0.25, 0.3) is 0 Å². The van der Waals surface area contributed by atoms with Gasteiger partial charge in [0.2, 0.25) is 0 Å². The molecule has 2 heterocycles. The van der Waals surface area contributed by atoms with Crippen LogP contribution in [-0.4, -0.2) is 9.13 Å². The molecule has 0 aliphatic heterocycles. The smallest absolute Gasteiger partial charge is 0.0541 e. The summed E-state index contributed by atoms with van der Waals surface area (Å²) in [5.74, 6) is 0.612. The van der Waals surface area contributed by atoms with Crippen molar-refractivity contribution >= 4 is 49.2 Å². The minimum atomic E-state index is 0.612. The van der Waals surface area contributed by atoms with Crippen molar-refractivity contribution in [3.05, 3.63) is 187 Å². The number of aryl methyl sites for hydroxylation is 1. The van der Waals surface area contributed by atoms with Gasteiger partial charge in [-0.3, -0.25) is 0 Å². The summed E-state index contributed by atoms with van der Waals surface area (Å²) < 4.78 is 4.81. The van der Waals surface area contributed by atoms with Crippen LogP contribution in [0, 0.1) is 12.8 Å². The summed E-state index contributed by atoms with van der Waals surface area (Å²) in [6.07, 6.45) is 8.04. The van der Waals surface area contributed by atoms with E-state index in [0.717, 1.165) is 6.42 Å². The van der Waals surface area contributed by atoms with E-state index < -0.39 is 0 Å². The van der Waals surface area contributed by atoms with Crippen molar-refractivity contribution in [3.63, 3.8) is 0 Å². The first-order valence-electron chi connectivity index (χ1n) is 18.3. The normalized spacial score (nSPS) is 14.5. The van der Waals surface area contributed by atoms with Crippen LogP contribution in [0.1, 0.15) is 24.5 Å². The number of aromatic nitrogens is 2. The Morgan fingerprint density at radius 2 is 0.885 bits per heavy atom. The number of allylic oxidation sites excluding steroid dienone is 4. The van der Waals surface area contributed by atoms with E-state index in [1.54, 1.807) is 0 Å². The van der Waals surface area contributed by atoms with Crippen LogP contribution in [0.2, 0.25) is 0 Å². The molecule has 1 unspecified atom stereocenters. The Morgan fingerprint density at radius 3 is 1.38 bits per heavy atom. The SMILES string of the molecule is Cc1ccc(-c2ccc(-n3c4ccccc4c4cc(-c5ccc6c(c5)c5ccccc5n6-c5ccc(C6=CCC(C)C=C6)cc5)ccc43)cc2)cc1. The van der Waals surface area contributed by atoms with Crippen molar-refractivity contribution in [1.29, 1.82) is 0 Å². The molecular formula is C50H38N2. The molecule has 2 nitrogen and oxygen atoms in total. The summed E-state index contributed by atoms with van der Waals surface area (Å²) in [4.78, 5) is 0. The molecule has 0 spiro atoms. The van der Waals surface area contributed by atoms with E-state index in [9.17, 15) is 0 Å². The van der Waals surface area contributed by atoms with Crippen molar-refractivity contribution in [2.24, 2.45) is 5.92 Å². The molecule has 52 heavy (non-hydrogen) atoms. The molecule has 0 amide bonds. The van der Waals surface area contributed by atoms with Crippen molar-refractivity contribution in [2.45, 2.75) is 20.3 Å². The minimum absolute atomic E-state index is 0.612. The van der Waals surface area contributed by atoms with Crippen molar-refractivity contribution in [1.82, 2.24) is 9.13 Å². The lowest BCUT2D eigenvalue weighted by Gasteiger charge is -2.13. The number of fused-ring (bicyclic) bond motifs is 6. The van der Waals surface area contributed by atoms with Gasteiger partial charge in [-0.2, -0.15) is 0 Å². The molecule has 248 valence electrons. The first-order valence-corrected chi connectivity index (χ1v) is 18.3. The third-order valence-electron chi connectivity index (χ3n) is 11.0. The molecule has 1 aliphatic rings. The van der Waals surface area contributed by atoms with Crippen molar-refractivity contribution in [3.8, 4) is 33.6 Å². The quantitative estimate of drug-likeness (QED) is 0.173. The summed E-state index contributed by atoms with van der Waals surface area (Å²) in [6.45, 7) is 4.40. The molecule has 7 aromatic carbocycles. The Bertz CT molecular complexity index is 2860. The fraction of sp³-hybridized carbons (Fsp3) is 0.0800. The van der Waals surface area contributed by atoms with E-state index in [1.165, 1.54) is 93.9 Å². The van der Waals surface area contributed by atoms with Crippen LogP contribution in [0.5, 0.6) is 0 Å². The topological polar surface area (TPSA) is 9.86 Å². The van der Waals surface area contributed by atoms with Crippen LogP contribution in [0.15, 0.2) is 176 Å². The molecule has 0 saturated carbocycles. The second-order valence-corrected chi connectivity index (χ2v) is 14.4. The Balaban J connectivity index is 1.06. The Labute approximate surface area is 304 Å². The molecule has 10 rings (SSSR count). The second-order valence-electron chi connectivity index (χ2n) is 14.4. The molecule has 1 atom stereocenters. The number of hydrogen-bond acceptors (Lipinski definition) is 0. The summed E-state index contributed by atoms with van der Waals surface area (Å²) >= 11 is 0. The molecule has 0 N–H and O–H groups in total. The highest BCUT2D eigenvalue weighted by Gasteiger charge is 2.16. The number of para-hydroxylation sites is 2. The highest BCUT2D eigenvalue weighted by atomic mass is 15.0. The maximum absolute atomic E-state index is 2.41. The maximum Gasteiger partial charge on any atom is 0.0541 e. The third kappa shape index (κ3) is 5.02. The van der Waals surface area contributed by atoms with Gasteiger partial charge in [0.05, 0.1) is 22.1 Å². The zero-order valence-corrected chi connectivity index (χ0v) is 29.4. The predicted molar refractivity (Wildman–Crippen MR) is 222 cm³/mol.